The Morgan fingerprint density at radius 1 is 1.17 bits per heavy atom. The van der Waals surface area contributed by atoms with Crippen LogP contribution in [0.15, 0.2) is 48.5 Å². The highest BCUT2D eigenvalue weighted by atomic mass is 16.5. The van der Waals surface area contributed by atoms with E-state index in [1.54, 1.807) is 16.9 Å². The van der Waals surface area contributed by atoms with Crippen LogP contribution in [0.2, 0.25) is 0 Å². The van der Waals surface area contributed by atoms with E-state index < -0.39 is 6.04 Å². The average Bonchev–Trinajstić information content (AvgIpc) is 2.77. The van der Waals surface area contributed by atoms with E-state index in [0.29, 0.717) is 25.9 Å². The minimum Gasteiger partial charge on any atom is -0.497 e. The molecule has 30 heavy (non-hydrogen) atoms. The van der Waals surface area contributed by atoms with Crippen molar-refractivity contribution in [2.24, 2.45) is 5.92 Å². The van der Waals surface area contributed by atoms with Gasteiger partial charge in [-0.1, -0.05) is 29.8 Å². The first-order chi connectivity index (χ1) is 14.5. The highest BCUT2D eigenvalue weighted by molar-refractivity contribution is 5.97. The summed E-state index contributed by atoms with van der Waals surface area (Å²) in [5.74, 6) is 0.316. The first-order valence-electron chi connectivity index (χ1n) is 10.4. The molecule has 1 aliphatic heterocycles. The molecule has 2 unspecified atom stereocenters. The SMILES string of the molecule is CCN(CCO)C(=O)C1CCC(=O)N(c2ccc(C)cc2)C1c1ccc(OC)cc1. The van der Waals surface area contributed by atoms with Crippen molar-refractivity contribution in [1.82, 2.24) is 4.90 Å². The molecule has 2 aromatic rings. The van der Waals surface area contributed by atoms with Gasteiger partial charge in [-0.25, -0.2) is 0 Å². The van der Waals surface area contributed by atoms with Crippen molar-refractivity contribution in [3.05, 3.63) is 59.7 Å². The minimum absolute atomic E-state index is 0.00827. The number of hydrogen-bond donors (Lipinski definition) is 1. The van der Waals surface area contributed by atoms with Gasteiger partial charge in [0.1, 0.15) is 5.75 Å². The predicted octanol–water partition coefficient (Wildman–Crippen LogP) is 3.33. The predicted molar refractivity (Wildman–Crippen MR) is 116 cm³/mol. The van der Waals surface area contributed by atoms with Gasteiger partial charge < -0.3 is 19.6 Å². The van der Waals surface area contributed by atoms with Gasteiger partial charge in [-0.05, 0) is 50.1 Å². The summed E-state index contributed by atoms with van der Waals surface area (Å²) in [6.45, 7) is 4.63. The van der Waals surface area contributed by atoms with E-state index in [4.69, 9.17) is 4.74 Å². The van der Waals surface area contributed by atoms with Crippen LogP contribution in [0.1, 0.15) is 36.9 Å². The van der Waals surface area contributed by atoms with Crippen molar-refractivity contribution in [3.63, 3.8) is 0 Å². The third-order valence-corrected chi connectivity index (χ3v) is 5.75. The Kier molecular flexibility index (Phi) is 7.11. The number of benzene rings is 2. The van der Waals surface area contributed by atoms with Gasteiger partial charge in [0.25, 0.3) is 0 Å². The molecule has 1 heterocycles. The molecule has 2 atom stereocenters. The van der Waals surface area contributed by atoms with Crippen LogP contribution < -0.4 is 9.64 Å². The zero-order valence-electron chi connectivity index (χ0n) is 17.9. The number of aliphatic hydroxyl groups excluding tert-OH is 1. The monoisotopic (exact) mass is 410 g/mol. The topological polar surface area (TPSA) is 70.1 Å². The summed E-state index contributed by atoms with van der Waals surface area (Å²) in [5.41, 5.74) is 2.79. The van der Waals surface area contributed by atoms with Crippen molar-refractivity contribution in [3.8, 4) is 5.75 Å². The Hall–Kier alpha value is -2.86. The fourth-order valence-electron chi connectivity index (χ4n) is 4.12. The molecule has 0 aliphatic carbocycles. The lowest BCUT2D eigenvalue weighted by Gasteiger charge is -2.42. The first kappa shape index (κ1) is 21.8. The molecule has 160 valence electrons. The number of aliphatic hydroxyl groups is 1. The van der Waals surface area contributed by atoms with E-state index in [0.717, 1.165) is 22.6 Å². The second-order valence-corrected chi connectivity index (χ2v) is 7.60. The Bertz CT molecular complexity index is 864. The molecule has 1 fully saturated rings. The second-order valence-electron chi connectivity index (χ2n) is 7.60. The number of carbonyl (C=O) groups is 2. The summed E-state index contributed by atoms with van der Waals surface area (Å²) in [4.78, 5) is 29.9. The number of hydrogen-bond acceptors (Lipinski definition) is 4. The summed E-state index contributed by atoms with van der Waals surface area (Å²) < 4.78 is 5.28. The van der Waals surface area contributed by atoms with Gasteiger partial charge in [-0.15, -0.1) is 0 Å². The van der Waals surface area contributed by atoms with Crippen LogP contribution in [0.4, 0.5) is 5.69 Å². The van der Waals surface area contributed by atoms with Crippen molar-refractivity contribution < 1.29 is 19.4 Å². The third kappa shape index (κ3) is 4.49. The van der Waals surface area contributed by atoms with Crippen molar-refractivity contribution in [2.75, 3.05) is 31.7 Å². The van der Waals surface area contributed by atoms with Crippen LogP contribution in [-0.2, 0) is 9.59 Å². The molecule has 6 heteroatoms. The van der Waals surface area contributed by atoms with Crippen LogP contribution in [-0.4, -0.2) is 48.6 Å². The number of anilines is 1. The highest BCUT2D eigenvalue weighted by Crippen LogP contribution is 2.41. The average molecular weight is 411 g/mol. The Labute approximate surface area is 178 Å². The van der Waals surface area contributed by atoms with Crippen LogP contribution >= 0.6 is 0 Å². The molecule has 1 saturated heterocycles. The maximum atomic E-state index is 13.4. The summed E-state index contributed by atoms with van der Waals surface area (Å²) in [6, 6.07) is 15.0. The van der Waals surface area contributed by atoms with Gasteiger partial charge in [0, 0.05) is 25.2 Å². The van der Waals surface area contributed by atoms with Gasteiger partial charge in [0.15, 0.2) is 0 Å². The molecule has 0 radical (unpaired) electrons. The molecule has 0 spiro atoms. The second kappa shape index (κ2) is 9.76. The fourth-order valence-corrected chi connectivity index (χ4v) is 4.12. The summed E-state index contributed by atoms with van der Waals surface area (Å²) in [6.07, 6.45) is 0.798. The lowest BCUT2D eigenvalue weighted by molar-refractivity contribution is -0.138. The summed E-state index contributed by atoms with van der Waals surface area (Å²) in [7, 11) is 1.61. The largest absolute Gasteiger partial charge is 0.497 e. The van der Waals surface area contributed by atoms with E-state index in [1.165, 1.54) is 0 Å². The molecule has 0 bridgehead atoms. The van der Waals surface area contributed by atoms with Gasteiger partial charge in [-0.2, -0.15) is 0 Å². The third-order valence-electron chi connectivity index (χ3n) is 5.75. The Morgan fingerprint density at radius 3 is 2.40 bits per heavy atom. The minimum atomic E-state index is -0.417. The molecule has 1 N–H and O–H groups in total. The Balaban J connectivity index is 2.07. The van der Waals surface area contributed by atoms with E-state index in [2.05, 4.69) is 0 Å². The summed E-state index contributed by atoms with van der Waals surface area (Å²) in [5, 5.41) is 9.38. The molecule has 0 aromatic heterocycles. The van der Waals surface area contributed by atoms with Crippen LogP contribution in [0.5, 0.6) is 5.75 Å². The number of amides is 2. The number of likely N-dealkylation sites (N-methyl/N-ethyl adjacent to an activating group) is 1. The molecule has 0 saturated carbocycles. The van der Waals surface area contributed by atoms with Crippen molar-refractivity contribution >= 4 is 17.5 Å². The number of carbonyl (C=O) groups excluding carboxylic acids is 2. The van der Waals surface area contributed by atoms with Gasteiger partial charge in [-0.3, -0.25) is 9.59 Å². The summed E-state index contributed by atoms with van der Waals surface area (Å²) >= 11 is 0. The standard InChI is InChI=1S/C24H30N2O4/c1-4-25(15-16-27)24(29)21-13-14-22(28)26(19-9-5-17(2)6-10-19)23(21)18-7-11-20(30-3)12-8-18/h5-12,21,23,27H,4,13-16H2,1-3H3. The van der Waals surface area contributed by atoms with E-state index in [1.807, 2.05) is 62.4 Å². The number of aryl methyl sites for hydroxylation is 1. The van der Waals surface area contributed by atoms with E-state index in [9.17, 15) is 14.7 Å². The number of methoxy groups -OCH3 is 1. The lowest BCUT2D eigenvalue weighted by Crippen LogP contribution is -2.49. The first-order valence-corrected chi connectivity index (χ1v) is 10.4. The van der Waals surface area contributed by atoms with E-state index >= 15 is 0 Å². The fraction of sp³-hybridized carbons (Fsp3) is 0.417. The number of ether oxygens (including phenoxy) is 1. The molecular formula is C24H30N2O4. The molecule has 3 rings (SSSR count). The van der Waals surface area contributed by atoms with Gasteiger partial charge in [0.05, 0.1) is 25.7 Å². The number of piperidine rings is 1. The van der Waals surface area contributed by atoms with Crippen LogP contribution in [0.25, 0.3) is 0 Å². The van der Waals surface area contributed by atoms with Crippen LogP contribution in [0, 0.1) is 12.8 Å². The molecule has 2 amide bonds. The lowest BCUT2D eigenvalue weighted by atomic mass is 9.82. The van der Waals surface area contributed by atoms with Gasteiger partial charge >= 0.3 is 0 Å². The quantitative estimate of drug-likeness (QED) is 0.760. The zero-order chi connectivity index (χ0) is 21.7. The van der Waals surface area contributed by atoms with Crippen LogP contribution in [0.3, 0.4) is 0 Å². The normalized spacial score (nSPS) is 18.9. The Morgan fingerprint density at radius 2 is 1.83 bits per heavy atom. The molecular weight excluding hydrogens is 380 g/mol. The number of rotatable bonds is 7. The van der Waals surface area contributed by atoms with Crippen molar-refractivity contribution in [1.29, 1.82) is 0 Å². The smallest absolute Gasteiger partial charge is 0.228 e. The van der Waals surface area contributed by atoms with E-state index in [-0.39, 0.29) is 24.3 Å². The highest BCUT2D eigenvalue weighted by Gasteiger charge is 2.42. The molecule has 6 nitrogen and oxygen atoms in total. The molecule has 2 aromatic carbocycles. The maximum Gasteiger partial charge on any atom is 0.228 e. The van der Waals surface area contributed by atoms with Crippen molar-refractivity contribution in [2.45, 2.75) is 32.7 Å². The molecule has 1 aliphatic rings. The maximum absolute atomic E-state index is 13.4. The number of nitrogens with zero attached hydrogens (tertiary/aromatic N) is 2. The zero-order valence-corrected chi connectivity index (χ0v) is 17.9. The van der Waals surface area contributed by atoms with Gasteiger partial charge in [0.2, 0.25) is 11.8 Å².